The molecule has 4 heterocycles. The van der Waals surface area contributed by atoms with E-state index >= 15 is 0 Å². The van der Waals surface area contributed by atoms with Gasteiger partial charge in [0, 0.05) is 12.1 Å². The average molecular weight is 934 g/mol. The van der Waals surface area contributed by atoms with E-state index in [2.05, 4.69) is 51.0 Å². The number of para-hydroxylation sites is 2. The van der Waals surface area contributed by atoms with Gasteiger partial charge in [-0.3, -0.25) is 19.0 Å². The Morgan fingerprint density at radius 3 is 1.21 bits per heavy atom. The zero-order chi connectivity index (χ0) is 44.0. The number of carbonyl (C=O) groups excluding carboxylic acids is 2. The SMILES string of the molecule is CC1=NN(c2ccccc2)C(=O)/C1=N/[N-]c1ccc(S(=O)(=O)Nc2cc(C)on2)cc1.CC1=NN(c2ccccc2)C(=O)/C1=N\[N-]c1ccc(S(=O)(=O)Nc2cc(C)on2)cc1.[Co+2]. The summed E-state index contributed by atoms with van der Waals surface area (Å²) in [5.74, 6) is 0.372. The van der Waals surface area contributed by atoms with Crippen molar-refractivity contribution in [3.8, 4) is 0 Å². The van der Waals surface area contributed by atoms with E-state index in [-0.39, 0.29) is 49.6 Å². The van der Waals surface area contributed by atoms with E-state index in [1.165, 1.54) is 70.7 Å². The van der Waals surface area contributed by atoms with Crippen molar-refractivity contribution in [1.29, 1.82) is 0 Å². The number of anilines is 4. The van der Waals surface area contributed by atoms with Gasteiger partial charge in [0.25, 0.3) is 31.9 Å². The number of hydrazone groups is 2. The van der Waals surface area contributed by atoms with Crippen LogP contribution >= 0.6 is 0 Å². The van der Waals surface area contributed by atoms with E-state index < -0.39 is 31.9 Å². The van der Waals surface area contributed by atoms with E-state index in [9.17, 15) is 26.4 Å². The summed E-state index contributed by atoms with van der Waals surface area (Å²) in [6.45, 7) is 6.65. The molecular weight excluding hydrogens is 900 g/mol. The monoisotopic (exact) mass is 933 g/mol. The standard InChI is InChI=1S/2C20H18N6O4S.Co/c2*1-13-12-18(24-30-13)25-31(28,29)17-10-8-15(9-11-17)21-22-19-14(2)23-26(20(19)27)16-6-4-3-5-7-16;/h2*3-12H,1-2H3,(H2,21,23,24,25,27);/q;;+2/p-2. The Kier molecular flexibility index (Phi) is 13.6. The number of hydrogen-bond donors (Lipinski definition) is 2. The second-order valence-corrected chi connectivity index (χ2v) is 16.6. The summed E-state index contributed by atoms with van der Waals surface area (Å²) in [4.78, 5) is 25.3. The number of amides is 2. The molecule has 20 nitrogen and oxygen atoms in total. The zero-order valence-corrected chi connectivity index (χ0v) is 36.1. The molecule has 0 spiro atoms. The van der Waals surface area contributed by atoms with Crippen molar-refractivity contribution in [3.63, 3.8) is 0 Å². The molecule has 2 aliphatic heterocycles. The van der Waals surface area contributed by atoms with Crippen LogP contribution in [0.1, 0.15) is 25.4 Å². The predicted molar refractivity (Wildman–Crippen MR) is 232 cm³/mol. The first-order chi connectivity index (χ1) is 29.7. The Balaban J connectivity index is 0.000000206. The number of rotatable bonds is 12. The predicted octanol–water partition coefficient (Wildman–Crippen LogP) is 7.13. The van der Waals surface area contributed by atoms with Crippen molar-refractivity contribution in [2.75, 3.05) is 19.5 Å². The first-order valence-electron chi connectivity index (χ1n) is 18.3. The van der Waals surface area contributed by atoms with Gasteiger partial charge in [0.1, 0.15) is 22.9 Å². The fourth-order valence-corrected chi connectivity index (χ4v) is 7.50. The van der Waals surface area contributed by atoms with Crippen LogP contribution in [0.25, 0.3) is 10.9 Å². The van der Waals surface area contributed by atoms with Gasteiger partial charge in [-0.25, -0.2) is 16.8 Å². The molecule has 6 aromatic rings. The number of nitrogens with zero attached hydrogens (tertiary/aromatic N) is 10. The second-order valence-electron chi connectivity index (χ2n) is 13.2. The molecule has 2 N–H and O–H groups in total. The third kappa shape index (κ3) is 10.7. The summed E-state index contributed by atoms with van der Waals surface area (Å²) in [6.07, 6.45) is 0. The molecule has 8 rings (SSSR count). The smallest absolute Gasteiger partial charge is 0.575 e. The van der Waals surface area contributed by atoms with Crippen molar-refractivity contribution in [2.24, 2.45) is 20.4 Å². The first-order valence-corrected chi connectivity index (χ1v) is 21.2. The fourth-order valence-electron chi connectivity index (χ4n) is 5.54. The topological polar surface area (TPSA) is 263 Å². The number of sulfonamides is 2. The Morgan fingerprint density at radius 2 is 0.889 bits per heavy atom. The van der Waals surface area contributed by atoms with Gasteiger partial charge < -0.3 is 30.1 Å². The molecule has 1 radical (unpaired) electrons. The Morgan fingerprint density at radius 1 is 0.540 bits per heavy atom. The maximum absolute atomic E-state index is 12.6. The molecule has 4 aromatic carbocycles. The molecule has 0 aliphatic carbocycles. The number of aryl methyl sites for hydroxylation is 2. The Hall–Kier alpha value is -7.47. The minimum Gasteiger partial charge on any atom is -0.575 e. The van der Waals surface area contributed by atoms with E-state index in [4.69, 9.17) is 9.05 Å². The van der Waals surface area contributed by atoms with Crippen molar-refractivity contribution < 1.29 is 52.2 Å². The van der Waals surface area contributed by atoms with Crippen LogP contribution < -0.4 is 19.5 Å². The van der Waals surface area contributed by atoms with E-state index in [1.54, 1.807) is 76.2 Å². The summed E-state index contributed by atoms with van der Waals surface area (Å²) in [5, 5.41) is 26.3. The average Bonchev–Trinajstić information content (AvgIpc) is 4.01. The molecule has 0 saturated carbocycles. The van der Waals surface area contributed by atoms with Crippen LogP contribution in [0, 0.1) is 13.8 Å². The van der Waals surface area contributed by atoms with Crippen LogP contribution in [0.5, 0.6) is 0 Å². The fraction of sp³-hybridized carbons (Fsp3) is 0.100. The number of nitrogens with one attached hydrogen (secondary N) is 2. The number of aromatic nitrogens is 2. The molecule has 23 heteroatoms. The third-order valence-corrected chi connectivity index (χ3v) is 11.3. The summed E-state index contributed by atoms with van der Waals surface area (Å²) in [5.41, 5.74) is 11.2. The molecule has 0 unspecified atom stereocenters. The third-order valence-electron chi connectivity index (χ3n) is 8.54. The van der Waals surface area contributed by atoms with Crippen molar-refractivity contribution >= 4 is 89.1 Å². The number of hydrogen-bond acceptors (Lipinski definition) is 14. The summed E-state index contributed by atoms with van der Waals surface area (Å²) >= 11 is 0. The molecule has 0 saturated heterocycles. The minimum absolute atomic E-state index is 0. The molecule has 2 amide bonds. The van der Waals surface area contributed by atoms with E-state index in [1.807, 2.05) is 12.1 Å². The Labute approximate surface area is 371 Å². The molecule has 2 aliphatic rings. The van der Waals surface area contributed by atoms with Gasteiger partial charge in [-0.2, -0.15) is 20.2 Å². The van der Waals surface area contributed by atoms with Gasteiger partial charge in [-0.1, -0.05) is 71.0 Å². The van der Waals surface area contributed by atoms with Crippen LogP contribution in [0.3, 0.4) is 0 Å². The van der Waals surface area contributed by atoms with Crippen LogP contribution in [0.15, 0.2) is 161 Å². The molecule has 323 valence electrons. The molecule has 0 bridgehead atoms. The van der Waals surface area contributed by atoms with E-state index in [0.717, 1.165) is 0 Å². The quantitative estimate of drug-likeness (QED) is 0.117. The minimum atomic E-state index is -3.83. The number of benzene rings is 4. The van der Waals surface area contributed by atoms with Crippen LogP contribution in [-0.4, -0.2) is 61.8 Å². The van der Waals surface area contributed by atoms with Crippen molar-refractivity contribution in [1.82, 2.24) is 10.3 Å². The summed E-state index contributed by atoms with van der Waals surface area (Å²) in [7, 11) is -7.67. The molecule has 0 atom stereocenters. The van der Waals surface area contributed by atoms with Crippen molar-refractivity contribution in [3.05, 3.63) is 144 Å². The van der Waals surface area contributed by atoms with E-state index in [0.29, 0.717) is 45.7 Å². The molecule has 63 heavy (non-hydrogen) atoms. The second kappa shape index (κ2) is 19.1. The maximum atomic E-state index is 12.6. The first kappa shape index (κ1) is 45.1. The van der Waals surface area contributed by atoms with Gasteiger partial charge in [-0.05, 0) is 76.2 Å². The summed E-state index contributed by atoms with van der Waals surface area (Å²) < 4.78 is 64.1. The normalized spacial score (nSPS) is 15.0. The van der Waals surface area contributed by atoms with Crippen LogP contribution in [0.4, 0.5) is 34.4 Å². The van der Waals surface area contributed by atoms with Gasteiger partial charge in [0.15, 0.2) is 11.6 Å². The molecular formula is C40H34CoN12O8S2. The Bertz CT molecular complexity index is 2770. The summed E-state index contributed by atoms with van der Waals surface area (Å²) in [6, 6.07) is 32.3. The van der Waals surface area contributed by atoms with Gasteiger partial charge in [-0.15, -0.1) is 11.4 Å². The molecule has 2 aromatic heterocycles. The van der Waals surface area contributed by atoms with Gasteiger partial charge in [0.05, 0.1) is 32.6 Å². The maximum Gasteiger partial charge on any atom is 2.00 e. The van der Waals surface area contributed by atoms with Gasteiger partial charge >= 0.3 is 16.8 Å². The van der Waals surface area contributed by atoms with Crippen molar-refractivity contribution in [2.45, 2.75) is 37.5 Å². The zero-order valence-electron chi connectivity index (χ0n) is 33.4. The van der Waals surface area contributed by atoms with Crippen LogP contribution in [0.2, 0.25) is 0 Å². The van der Waals surface area contributed by atoms with Gasteiger partial charge in [0.2, 0.25) is 0 Å². The number of carbonyl (C=O) groups is 2. The largest absolute Gasteiger partial charge is 2.00 e. The molecule has 0 fully saturated rings. The van der Waals surface area contributed by atoms with Crippen LogP contribution in [-0.2, 0) is 46.4 Å².